The van der Waals surface area contributed by atoms with E-state index < -0.39 is 9.84 Å². The highest BCUT2D eigenvalue weighted by atomic mass is 35.5. The summed E-state index contributed by atoms with van der Waals surface area (Å²) in [6.45, 7) is 5.04. The van der Waals surface area contributed by atoms with Crippen LogP contribution in [0.25, 0.3) is 5.69 Å². The van der Waals surface area contributed by atoms with Crippen LogP contribution in [0.4, 0.5) is 0 Å². The van der Waals surface area contributed by atoms with Crippen molar-refractivity contribution in [2.24, 2.45) is 0 Å². The van der Waals surface area contributed by atoms with Crippen LogP contribution in [0, 0.1) is 13.8 Å². The van der Waals surface area contributed by atoms with E-state index >= 15 is 0 Å². The Bertz CT molecular complexity index is 679. The zero-order valence-corrected chi connectivity index (χ0v) is 11.2. The fourth-order valence-corrected chi connectivity index (χ4v) is 2.29. The molecule has 0 aliphatic heterocycles. The van der Waals surface area contributed by atoms with Crippen molar-refractivity contribution in [1.29, 1.82) is 0 Å². The molecule has 1 aromatic heterocycles. The lowest BCUT2D eigenvalue weighted by atomic mass is 10.3. The van der Waals surface area contributed by atoms with Gasteiger partial charge in [0.2, 0.25) is 9.84 Å². The molecular weight excluding hydrogens is 274 g/mol. The van der Waals surface area contributed by atoms with Crippen molar-refractivity contribution < 1.29 is 8.42 Å². The van der Waals surface area contributed by atoms with Gasteiger partial charge in [-0.25, -0.2) is 18.1 Å². The van der Waals surface area contributed by atoms with Gasteiger partial charge in [-0.15, -0.1) is 5.10 Å². The SMILES string of the molecule is [CH2]CS(=O)(=O)c1nc(C)n(-c2cccc(Cl)c2)n1. The summed E-state index contributed by atoms with van der Waals surface area (Å²) >= 11 is 5.88. The molecule has 0 aliphatic rings. The zero-order valence-electron chi connectivity index (χ0n) is 9.67. The molecule has 0 atom stereocenters. The van der Waals surface area contributed by atoms with Crippen molar-refractivity contribution in [3.63, 3.8) is 0 Å². The standard InChI is InChI=1S/C11H11ClN3O2S/c1-3-18(16,17)11-13-8(2)15(14-11)10-6-4-5-9(12)7-10/h4-7H,1,3H2,2H3. The number of halogens is 1. The van der Waals surface area contributed by atoms with Gasteiger partial charge in [-0.3, -0.25) is 0 Å². The van der Waals surface area contributed by atoms with Crippen LogP contribution in [0.15, 0.2) is 29.4 Å². The van der Waals surface area contributed by atoms with E-state index in [1.54, 1.807) is 31.2 Å². The molecule has 0 amide bonds. The molecule has 18 heavy (non-hydrogen) atoms. The third kappa shape index (κ3) is 2.39. The second kappa shape index (κ2) is 4.70. The summed E-state index contributed by atoms with van der Waals surface area (Å²) in [7, 11) is -3.51. The third-order valence-electron chi connectivity index (χ3n) is 2.35. The fourth-order valence-electron chi connectivity index (χ4n) is 1.44. The first-order valence-corrected chi connectivity index (χ1v) is 7.18. The van der Waals surface area contributed by atoms with Gasteiger partial charge in [0.25, 0.3) is 5.16 Å². The number of hydrogen-bond acceptors (Lipinski definition) is 4. The van der Waals surface area contributed by atoms with E-state index in [0.29, 0.717) is 16.5 Å². The number of nitrogens with zero attached hydrogens (tertiary/aromatic N) is 3. The van der Waals surface area contributed by atoms with Gasteiger partial charge in [-0.05, 0) is 32.0 Å². The number of hydrogen-bond donors (Lipinski definition) is 0. The average Bonchev–Trinajstić information content (AvgIpc) is 2.72. The van der Waals surface area contributed by atoms with Crippen molar-refractivity contribution in [1.82, 2.24) is 14.8 Å². The van der Waals surface area contributed by atoms with Gasteiger partial charge >= 0.3 is 0 Å². The Balaban J connectivity index is 2.55. The molecule has 1 radical (unpaired) electrons. The summed E-state index contributed by atoms with van der Waals surface area (Å²) in [5.74, 6) is 0.204. The number of rotatable bonds is 3. The Labute approximate surface area is 110 Å². The Morgan fingerprint density at radius 1 is 1.44 bits per heavy atom. The van der Waals surface area contributed by atoms with Crippen LogP contribution in [-0.2, 0) is 9.84 Å². The Hall–Kier alpha value is -1.40. The Morgan fingerprint density at radius 2 is 2.17 bits per heavy atom. The minimum atomic E-state index is -3.51. The number of sulfone groups is 1. The lowest BCUT2D eigenvalue weighted by Gasteiger charge is -2.02. The van der Waals surface area contributed by atoms with Gasteiger partial charge in [-0.2, -0.15) is 0 Å². The molecule has 0 unspecified atom stereocenters. The van der Waals surface area contributed by atoms with E-state index in [1.807, 2.05) is 0 Å². The number of aromatic nitrogens is 3. The predicted octanol–water partition coefficient (Wildman–Crippen LogP) is 1.84. The maximum atomic E-state index is 11.6. The summed E-state index contributed by atoms with van der Waals surface area (Å²) in [6.07, 6.45) is 0. The normalized spacial score (nSPS) is 11.7. The quantitative estimate of drug-likeness (QED) is 0.863. The highest BCUT2D eigenvalue weighted by Crippen LogP contribution is 2.16. The van der Waals surface area contributed by atoms with Crippen molar-refractivity contribution in [2.45, 2.75) is 12.1 Å². The molecule has 1 aromatic carbocycles. The van der Waals surface area contributed by atoms with E-state index in [2.05, 4.69) is 17.0 Å². The van der Waals surface area contributed by atoms with Crippen molar-refractivity contribution in [2.75, 3.05) is 5.75 Å². The lowest BCUT2D eigenvalue weighted by molar-refractivity contribution is 0.589. The van der Waals surface area contributed by atoms with Crippen molar-refractivity contribution in [3.05, 3.63) is 42.0 Å². The zero-order chi connectivity index (χ0) is 13.3. The van der Waals surface area contributed by atoms with Crippen molar-refractivity contribution >= 4 is 21.4 Å². The topological polar surface area (TPSA) is 64.8 Å². The highest BCUT2D eigenvalue weighted by Gasteiger charge is 2.19. The molecule has 95 valence electrons. The number of aryl methyl sites for hydroxylation is 1. The molecule has 0 aliphatic carbocycles. The van der Waals surface area contributed by atoms with Crippen LogP contribution in [0.5, 0.6) is 0 Å². The second-order valence-corrected chi connectivity index (χ2v) is 6.09. The number of benzene rings is 1. The van der Waals surface area contributed by atoms with Gasteiger partial charge in [0.1, 0.15) is 5.82 Å². The molecule has 2 rings (SSSR count). The van der Waals surface area contributed by atoms with E-state index in [0.717, 1.165) is 0 Å². The minimum Gasteiger partial charge on any atom is -0.220 e. The average molecular weight is 285 g/mol. The first-order valence-electron chi connectivity index (χ1n) is 5.15. The van der Waals surface area contributed by atoms with E-state index in [4.69, 9.17) is 11.6 Å². The molecule has 0 N–H and O–H groups in total. The maximum absolute atomic E-state index is 11.6. The van der Waals surface area contributed by atoms with Gasteiger partial charge in [0, 0.05) is 5.02 Å². The van der Waals surface area contributed by atoms with Gasteiger partial charge in [0.15, 0.2) is 0 Å². The predicted molar refractivity (Wildman–Crippen MR) is 68.5 cm³/mol. The molecule has 0 spiro atoms. The third-order valence-corrected chi connectivity index (χ3v) is 3.85. The molecule has 0 bridgehead atoms. The van der Waals surface area contributed by atoms with Gasteiger partial charge < -0.3 is 0 Å². The Kier molecular flexibility index (Phi) is 3.41. The summed E-state index contributed by atoms with van der Waals surface area (Å²) in [5, 5.41) is 4.31. The highest BCUT2D eigenvalue weighted by molar-refractivity contribution is 7.91. The maximum Gasteiger partial charge on any atom is 0.267 e. The minimum absolute atomic E-state index is 0.213. The molecule has 1 heterocycles. The van der Waals surface area contributed by atoms with Crippen LogP contribution in [0.2, 0.25) is 5.02 Å². The van der Waals surface area contributed by atoms with E-state index in [-0.39, 0.29) is 10.9 Å². The largest absolute Gasteiger partial charge is 0.267 e. The lowest BCUT2D eigenvalue weighted by Crippen LogP contribution is -2.07. The monoisotopic (exact) mass is 284 g/mol. The van der Waals surface area contributed by atoms with E-state index in [9.17, 15) is 8.42 Å². The molecule has 0 saturated heterocycles. The second-order valence-electron chi connectivity index (χ2n) is 3.65. The first-order chi connectivity index (χ1) is 8.44. The molecule has 0 saturated carbocycles. The van der Waals surface area contributed by atoms with Crippen LogP contribution in [0.3, 0.4) is 0 Å². The molecule has 7 heteroatoms. The molecule has 0 fully saturated rings. The first kappa shape index (κ1) is 13.0. The summed E-state index contributed by atoms with van der Waals surface area (Å²) in [5.41, 5.74) is 0.665. The van der Waals surface area contributed by atoms with Crippen molar-refractivity contribution in [3.8, 4) is 5.69 Å². The van der Waals surface area contributed by atoms with Crippen LogP contribution in [-0.4, -0.2) is 28.9 Å². The van der Waals surface area contributed by atoms with Gasteiger partial charge in [0.05, 0.1) is 11.4 Å². The summed E-state index contributed by atoms with van der Waals surface area (Å²) in [6, 6.07) is 6.94. The van der Waals surface area contributed by atoms with Crippen LogP contribution >= 0.6 is 11.6 Å². The van der Waals surface area contributed by atoms with Crippen LogP contribution < -0.4 is 0 Å². The smallest absolute Gasteiger partial charge is 0.220 e. The fraction of sp³-hybridized carbons (Fsp3) is 0.182. The molecule has 5 nitrogen and oxygen atoms in total. The summed E-state index contributed by atoms with van der Waals surface area (Å²) in [4.78, 5) is 3.94. The summed E-state index contributed by atoms with van der Waals surface area (Å²) < 4.78 is 24.7. The molecular formula is C11H11ClN3O2S. The van der Waals surface area contributed by atoms with Crippen LogP contribution in [0.1, 0.15) is 5.82 Å². The van der Waals surface area contributed by atoms with E-state index in [1.165, 1.54) is 4.68 Å². The molecule has 2 aromatic rings. The van der Waals surface area contributed by atoms with Gasteiger partial charge in [-0.1, -0.05) is 17.7 Å². The Morgan fingerprint density at radius 3 is 2.78 bits per heavy atom.